The third-order valence-electron chi connectivity index (χ3n) is 3.84. The van der Waals surface area contributed by atoms with Crippen molar-refractivity contribution in [2.45, 2.75) is 38.5 Å². The van der Waals surface area contributed by atoms with Crippen molar-refractivity contribution in [2.75, 3.05) is 25.3 Å². The molecule has 1 saturated heterocycles. The van der Waals surface area contributed by atoms with Crippen molar-refractivity contribution in [3.63, 3.8) is 0 Å². The first-order valence-electron chi connectivity index (χ1n) is 8.41. The molecule has 134 valence electrons. The zero-order chi connectivity index (χ0) is 17.2. The normalized spacial score (nSPS) is 18.6. The minimum Gasteiger partial charge on any atom is -0.401 e. The zero-order valence-corrected chi connectivity index (χ0v) is 14.3. The van der Waals surface area contributed by atoms with E-state index in [0.717, 1.165) is 38.1 Å². The van der Waals surface area contributed by atoms with Gasteiger partial charge in [0.1, 0.15) is 0 Å². The van der Waals surface area contributed by atoms with Gasteiger partial charge in [0.25, 0.3) is 0 Å². The lowest BCUT2D eigenvalue weighted by atomic mass is 10.2. The van der Waals surface area contributed by atoms with E-state index in [1.165, 1.54) is 10.6 Å². The van der Waals surface area contributed by atoms with Gasteiger partial charge in [-0.3, -0.25) is 15.9 Å². The summed E-state index contributed by atoms with van der Waals surface area (Å²) in [5.41, 5.74) is 14.7. The van der Waals surface area contributed by atoms with E-state index >= 15 is 0 Å². The van der Waals surface area contributed by atoms with Gasteiger partial charge in [0.2, 0.25) is 0 Å². The highest BCUT2D eigenvalue weighted by Gasteiger charge is 2.13. The molecule has 2 rings (SSSR count). The fourth-order valence-electron chi connectivity index (χ4n) is 2.44. The molecule has 1 atom stereocenters. The van der Waals surface area contributed by atoms with Crippen LogP contribution < -0.4 is 27.4 Å². The third-order valence-corrected chi connectivity index (χ3v) is 3.84. The van der Waals surface area contributed by atoms with Gasteiger partial charge < -0.3 is 15.2 Å². The van der Waals surface area contributed by atoms with E-state index in [9.17, 15) is 0 Å². The highest BCUT2D eigenvalue weighted by molar-refractivity contribution is 5.48. The molecule has 0 amide bonds. The zero-order valence-electron chi connectivity index (χ0n) is 14.3. The molecule has 0 radical (unpaired) electrons. The summed E-state index contributed by atoms with van der Waals surface area (Å²) >= 11 is 0. The van der Waals surface area contributed by atoms with Crippen molar-refractivity contribution in [1.29, 1.82) is 0 Å². The van der Waals surface area contributed by atoms with Crippen molar-refractivity contribution >= 4 is 5.69 Å². The van der Waals surface area contributed by atoms with E-state index in [0.29, 0.717) is 18.7 Å². The van der Waals surface area contributed by atoms with Crippen LogP contribution in [-0.2, 0) is 16.0 Å². The van der Waals surface area contributed by atoms with Crippen LogP contribution in [-0.4, -0.2) is 26.6 Å². The number of benzene rings is 1. The van der Waals surface area contributed by atoms with Crippen LogP contribution in [0.3, 0.4) is 0 Å². The Bertz CT molecular complexity index is 500. The molecule has 1 aromatic carbocycles. The Balaban J connectivity index is 1.76. The first-order valence-corrected chi connectivity index (χ1v) is 8.41. The van der Waals surface area contributed by atoms with Crippen LogP contribution in [0.4, 0.5) is 5.69 Å². The fourth-order valence-corrected chi connectivity index (χ4v) is 2.44. The van der Waals surface area contributed by atoms with Crippen LogP contribution in [0.1, 0.15) is 31.2 Å². The van der Waals surface area contributed by atoms with Crippen molar-refractivity contribution in [3.8, 4) is 0 Å². The van der Waals surface area contributed by atoms with Crippen LogP contribution in [0.2, 0.25) is 0 Å². The first-order chi connectivity index (χ1) is 11.7. The Morgan fingerprint density at radius 2 is 2.17 bits per heavy atom. The van der Waals surface area contributed by atoms with Crippen molar-refractivity contribution in [2.24, 2.45) is 11.6 Å². The number of nitrogens with two attached hydrogens (primary N) is 2. The minimum absolute atomic E-state index is 0.0840. The monoisotopic (exact) mass is 335 g/mol. The Morgan fingerprint density at radius 1 is 1.38 bits per heavy atom. The summed E-state index contributed by atoms with van der Waals surface area (Å²) in [6, 6.07) is 7.96. The maximum atomic E-state index is 6.04. The summed E-state index contributed by atoms with van der Waals surface area (Å²) in [6.45, 7) is 2.07. The van der Waals surface area contributed by atoms with E-state index in [2.05, 4.69) is 10.9 Å². The Labute approximate surface area is 143 Å². The quantitative estimate of drug-likeness (QED) is 0.399. The fraction of sp³-hybridized carbons (Fsp3) is 0.529. The van der Waals surface area contributed by atoms with Crippen LogP contribution in [0, 0.1) is 0 Å². The smallest absolute Gasteiger partial charge is 0.157 e. The van der Waals surface area contributed by atoms with Gasteiger partial charge in [-0.1, -0.05) is 12.1 Å². The van der Waals surface area contributed by atoms with Crippen molar-refractivity contribution in [1.82, 2.24) is 10.9 Å². The molecule has 0 aromatic heterocycles. The van der Waals surface area contributed by atoms with E-state index in [1.807, 2.05) is 31.3 Å². The second-order valence-electron chi connectivity index (χ2n) is 5.80. The molecule has 1 aliphatic heterocycles. The Morgan fingerprint density at radius 3 is 2.83 bits per heavy atom. The molecule has 1 unspecified atom stereocenters. The van der Waals surface area contributed by atoms with Gasteiger partial charge in [0, 0.05) is 31.5 Å². The van der Waals surface area contributed by atoms with Gasteiger partial charge in [-0.15, -0.1) is 0 Å². The van der Waals surface area contributed by atoms with Gasteiger partial charge in [0.05, 0.1) is 12.3 Å². The number of hydrogen-bond donors (Lipinski definition) is 4. The molecule has 0 bridgehead atoms. The molecule has 1 heterocycles. The highest BCUT2D eigenvalue weighted by atomic mass is 16.7. The molecular weight excluding hydrogens is 306 g/mol. The Hall–Kier alpha value is -1.64. The van der Waals surface area contributed by atoms with Crippen LogP contribution in [0.15, 0.2) is 36.2 Å². The van der Waals surface area contributed by atoms with Gasteiger partial charge in [-0.05, 0) is 44.0 Å². The molecule has 7 heteroatoms. The Kier molecular flexibility index (Phi) is 8.00. The SMILES string of the molecule is CNNCc1ccc(N(N)/C=C(\N)CCOC2CCCCO2)cc1. The number of anilines is 1. The number of hydrazine groups is 2. The average Bonchev–Trinajstić information content (AvgIpc) is 2.61. The molecule has 6 N–H and O–H groups in total. The van der Waals surface area contributed by atoms with Gasteiger partial charge in [0.15, 0.2) is 6.29 Å². The lowest BCUT2D eigenvalue weighted by molar-refractivity contribution is -0.161. The topological polar surface area (TPSA) is 97.8 Å². The number of ether oxygens (including phenoxy) is 2. The molecule has 0 saturated carbocycles. The van der Waals surface area contributed by atoms with Gasteiger partial charge in [-0.2, -0.15) is 0 Å². The van der Waals surface area contributed by atoms with E-state index < -0.39 is 0 Å². The predicted molar refractivity (Wildman–Crippen MR) is 95.4 cm³/mol. The predicted octanol–water partition coefficient (Wildman–Crippen LogP) is 1.32. The highest BCUT2D eigenvalue weighted by Crippen LogP contribution is 2.15. The van der Waals surface area contributed by atoms with Crippen LogP contribution >= 0.6 is 0 Å². The second kappa shape index (κ2) is 10.3. The number of nitrogens with one attached hydrogen (secondary N) is 2. The van der Waals surface area contributed by atoms with Gasteiger partial charge in [-0.25, -0.2) is 5.84 Å². The molecule has 1 aliphatic rings. The maximum absolute atomic E-state index is 6.04. The number of nitrogens with zero attached hydrogens (tertiary/aromatic N) is 1. The first kappa shape index (κ1) is 18.7. The lowest BCUT2D eigenvalue weighted by Crippen LogP contribution is -2.27. The molecule has 7 nitrogen and oxygen atoms in total. The van der Waals surface area contributed by atoms with Gasteiger partial charge >= 0.3 is 0 Å². The number of rotatable bonds is 9. The number of hydrogen-bond acceptors (Lipinski definition) is 7. The third kappa shape index (κ3) is 6.46. The van der Waals surface area contributed by atoms with E-state index in [4.69, 9.17) is 21.1 Å². The summed E-state index contributed by atoms with van der Waals surface area (Å²) < 4.78 is 11.2. The average molecular weight is 335 g/mol. The molecule has 0 spiro atoms. The summed E-state index contributed by atoms with van der Waals surface area (Å²) in [6.07, 6.45) is 5.50. The molecular formula is C17H29N5O2. The maximum Gasteiger partial charge on any atom is 0.157 e. The summed E-state index contributed by atoms with van der Waals surface area (Å²) in [4.78, 5) is 0. The molecule has 24 heavy (non-hydrogen) atoms. The van der Waals surface area contributed by atoms with Crippen LogP contribution in [0.5, 0.6) is 0 Å². The second-order valence-corrected chi connectivity index (χ2v) is 5.80. The molecule has 1 aromatic rings. The summed E-state index contributed by atoms with van der Waals surface area (Å²) in [5, 5.41) is 1.53. The van der Waals surface area contributed by atoms with E-state index in [1.54, 1.807) is 6.20 Å². The summed E-state index contributed by atoms with van der Waals surface area (Å²) in [7, 11) is 1.84. The molecule has 1 fully saturated rings. The molecule has 0 aliphatic carbocycles. The van der Waals surface area contributed by atoms with Crippen molar-refractivity contribution < 1.29 is 9.47 Å². The minimum atomic E-state index is -0.0840. The lowest BCUT2D eigenvalue weighted by Gasteiger charge is -2.22. The van der Waals surface area contributed by atoms with Crippen LogP contribution in [0.25, 0.3) is 0 Å². The summed E-state index contributed by atoms with van der Waals surface area (Å²) in [5.74, 6) is 6.04. The van der Waals surface area contributed by atoms with Crippen molar-refractivity contribution in [3.05, 3.63) is 41.7 Å². The largest absolute Gasteiger partial charge is 0.401 e. The standard InChI is InChI=1S/C17H29N5O2/c1-20-21-12-14-5-7-16(8-6-14)22(19)13-15(18)9-11-24-17-4-2-3-10-23-17/h5-8,13,17,20-21H,2-4,9-12,18-19H2,1H3/b15-13-. The van der Waals surface area contributed by atoms with E-state index in [-0.39, 0.29) is 6.29 Å².